The van der Waals surface area contributed by atoms with Gasteiger partial charge in [0.1, 0.15) is 11.6 Å². The Morgan fingerprint density at radius 3 is 3.05 bits per heavy atom. The van der Waals surface area contributed by atoms with Gasteiger partial charge in [0.15, 0.2) is 0 Å². The van der Waals surface area contributed by atoms with Crippen molar-refractivity contribution in [3.05, 3.63) is 24.0 Å². The Labute approximate surface area is 114 Å². The Bertz CT molecular complexity index is 411. The maximum absolute atomic E-state index is 13.2. The molecular weight excluding hydrogens is 243 g/mol. The van der Waals surface area contributed by atoms with Gasteiger partial charge in [0.05, 0.1) is 12.3 Å². The van der Waals surface area contributed by atoms with Gasteiger partial charge < -0.3 is 15.0 Å². The number of ether oxygens (including phenoxy) is 1. The third-order valence-electron chi connectivity index (χ3n) is 3.55. The van der Waals surface area contributed by atoms with Crippen LogP contribution < -0.4 is 10.1 Å². The monoisotopic (exact) mass is 266 g/mol. The molecule has 4 heteroatoms. The van der Waals surface area contributed by atoms with Gasteiger partial charge in [-0.2, -0.15) is 0 Å². The predicted octanol–water partition coefficient (Wildman–Crippen LogP) is 2.98. The van der Waals surface area contributed by atoms with E-state index < -0.39 is 0 Å². The molecule has 1 aliphatic rings. The van der Waals surface area contributed by atoms with E-state index >= 15 is 0 Å². The summed E-state index contributed by atoms with van der Waals surface area (Å²) in [6.45, 7) is 5.68. The Morgan fingerprint density at radius 2 is 2.32 bits per heavy atom. The smallest absolute Gasteiger partial charge is 0.145 e. The molecule has 2 rings (SSSR count). The van der Waals surface area contributed by atoms with Gasteiger partial charge in [-0.05, 0) is 51.4 Å². The van der Waals surface area contributed by atoms with E-state index in [-0.39, 0.29) is 5.82 Å². The molecule has 1 heterocycles. The van der Waals surface area contributed by atoms with Gasteiger partial charge in [-0.15, -0.1) is 0 Å². The topological polar surface area (TPSA) is 24.5 Å². The summed E-state index contributed by atoms with van der Waals surface area (Å²) in [7, 11) is 2.16. The number of nitrogens with one attached hydrogen (secondary N) is 1. The number of nitrogens with zero attached hydrogens (tertiary/aromatic N) is 1. The number of halogens is 1. The highest BCUT2D eigenvalue weighted by Gasteiger charge is 2.17. The molecule has 1 aromatic carbocycles. The molecule has 0 saturated carbocycles. The highest BCUT2D eigenvalue weighted by molar-refractivity contribution is 5.56. The summed E-state index contributed by atoms with van der Waals surface area (Å²) in [5.41, 5.74) is 0.886. The molecule has 0 radical (unpaired) electrons. The largest absolute Gasteiger partial charge is 0.492 e. The van der Waals surface area contributed by atoms with Crippen molar-refractivity contribution in [2.45, 2.75) is 19.8 Å². The van der Waals surface area contributed by atoms with Gasteiger partial charge in [0.25, 0.3) is 0 Å². The molecule has 106 valence electrons. The SMILES string of the molecule is CCOc1cc(F)ccc1NCC1CCCN(C)C1. The maximum Gasteiger partial charge on any atom is 0.145 e. The number of benzene rings is 1. The normalized spacial score (nSPS) is 20.3. The van der Waals surface area contributed by atoms with Crippen molar-refractivity contribution in [3.63, 3.8) is 0 Å². The van der Waals surface area contributed by atoms with Crippen LogP contribution in [0.4, 0.5) is 10.1 Å². The molecule has 0 bridgehead atoms. The molecule has 1 N–H and O–H groups in total. The highest BCUT2D eigenvalue weighted by atomic mass is 19.1. The third-order valence-corrected chi connectivity index (χ3v) is 3.55. The van der Waals surface area contributed by atoms with Crippen molar-refractivity contribution in [2.24, 2.45) is 5.92 Å². The van der Waals surface area contributed by atoms with Gasteiger partial charge >= 0.3 is 0 Å². The van der Waals surface area contributed by atoms with E-state index in [2.05, 4.69) is 17.3 Å². The first kappa shape index (κ1) is 14.1. The van der Waals surface area contributed by atoms with Gasteiger partial charge in [0, 0.05) is 19.2 Å². The fourth-order valence-electron chi connectivity index (χ4n) is 2.61. The van der Waals surface area contributed by atoms with Crippen molar-refractivity contribution in [3.8, 4) is 5.75 Å². The molecule has 0 amide bonds. The quantitative estimate of drug-likeness (QED) is 0.886. The molecule has 0 aromatic heterocycles. The van der Waals surface area contributed by atoms with Crippen LogP contribution in [0.25, 0.3) is 0 Å². The van der Waals surface area contributed by atoms with Crippen LogP contribution >= 0.6 is 0 Å². The minimum atomic E-state index is -0.258. The molecule has 1 unspecified atom stereocenters. The van der Waals surface area contributed by atoms with Crippen LogP contribution in [-0.2, 0) is 0 Å². The van der Waals surface area contributed by atoms with Crippen molar-refractivity contribution >= 4 is 5.69 Å². The lowest BCUT2D eigenvalue weighted by Crippen LogP contribution is -2.35. The lowest BCUT2D eigenvalue weighted by Gasteiger charge is -2.30. The van der Waals surface area contributed by atoms with Gasteiger partial charge in [-0.25, -0.2) is 4.39 Å². The Hall–Kier alpha value is -1.29. The first-order valence-corrected chi connectivity index (χ1v) is 7.03. The summed E-state index contributed by atoms with van der Waals surface area (Å²) < 4.78 is 18.7. The second-order valence-corrected chi connectivity index (χ2v) is 5.22. The van der Waals surface area contributed by atoms with Crippen LogP contribution in [0.3, 0.4) is 0 Å². The number of likely N-dealkylation sites (tertiary alicyclic amines) is 1. The lowest BCUT2D eigenvalue weighted by molar-refractivity contribution is 0.217. The average Bonchev–Trinajstić information content (AvgIpc) is 2.38. The van der Waals surface area contributed by atoms with Crippen LogP contribution in [0.15, 0.2) is 18.2 Å². The van der Waals surface area contributed by atoms with Crippen LogP contribution in [0.5, 0.6) is 5.75 Å². The van der Waals surface area contributed by atoms with Gasteiger partial charge in [-0.1, -0.05) is 0 Å². The van der Waals surface area contributed by atoms with Crippen molar-refractivity contribution < 1.29 is 9.13 Å². The Balaban J connectivity index is 1.94. The fraction of sp³-hybridized carbons (Fsp3) is 0.600. The zero-order chi connectivity index (χ0) is 13.7. The standard InChI is InChI=1S/C15H23FN2O/c1-3-19-15-9-13(16)6-7-14(15)17-10-12-5-4-8-18(2)11-12/h6-7,9,12,17H,3-5,8,10-11H2,1-2H3. The van der Waals surface area contributed by atoms with E-state index in [0.29, 0.717) is 18.3 Å². The molecular formula is C15H23FN2O. The number of hydrogen-bond donors (Lipinski definition) is 1. The first-order chi connectivity index (χ1) is 9.19. The molecule has 0 spiro atoms. The highest BCUT2D eigenvalue weighted by Crippen LogP contribution is 2.26. The van der Waals surface area contributed by atoms with Gasteiger partial charge in [0.2, 0.25) is 0 Å². The molecule has 0 aliphatic carbocycles. The Morgan fingerprint density at radius 1 is 1.47 bits per heavy atom. The Kier molecular flexibility index (Phi) is 5.02. The fourth-order valence-corrected chi connectivity index (χ4v) is 2.61. The molecule has 1 saturated heterocycles. The van der Waals surface area contributed by atoms with Crippen LogP contribution in [0, 0.1) is 11.7 Å². The minimum Gasteiger partial charge on any atom is -0.492 e. The molecule has 3 nitrogen and oxygen atoms in total. The maximum atomic E-state index is 13.2. The molecule has 1 aliphatic heterocycles. The van der Waals surface area contributed by atoms with E-state index in [4.69, 9.17) is 4.74 Å². The lowest BCUT2D eigenvalue weighted by atomic mass is 9.98. The van der Waals surface area contributed by atoms with Crippen LogP contribution in [-0.4, -0.2) is 38.2 Å². The van der Waals surface area contributed by atoms with Crippen LogP contribution in [0.1, 0.15) is 19.8 Å². The number of hydrogen-bond acceptors (Lipinski definition) is 3. The average molecular weight is 266 g/mol. The summed E-state index contributed by atoms with van der Waals surface area (Å²) in [5, 5.41) is 3.40. The second-order valence-electron chi connectivity index (χ2n) is 5.22. The molecule has 1 atom stereocenters. The summed E-state index contributed by atoms with van der Waals surface area (Å²) >= 11 is 0. The molecule has 1 aromatic rings. The van der Waals surface area contributed by atoms with Crippen molar-refractivity contribution in [1.82, 2.24) is 4.90 Å². The zero-order valence-corrected chi connectivity index (χ0v) is 11.8. The summed E-state index contributed by atoms with van der Waals surface area (Å²) in [6.07, 6.45) is 2.51. The molecule has 1 fully saturated rings. The van der Waals surface area contributed by atoms with Crippen molar-refractivity contribution in [2.75, 3.05) is 38.6 Å². The first-order valence-electron chi connectivity index (χ1n) is 7.03. The predicted molar refractivity (Wildman–Crippen MR) is 76.3 cm³/mol. The number of anilines is 1. The van der Waals surface area contributed by atoms with Gasteiger partial charge in [-0.3, -0.25) is 0 Å². The summed E-state index contributed by atoms with van der Waals surface area (Å²) in [5.74, 6) is 0.997. The van der Waals surface area contributed by atoms with Crippen LogP contribution in [0.2, 0.25) is 0 Å². The number of piperidine rings is 1. The van der Waals surface area contributed by atoms with E-state index in [1.54, 1.807) is 6.07 Å². The minimum absolute atomic E-state index is 0.258. The van der Waals surface area contributed by atoms with Crippen molar-refractivity contribution in [1.29, 1.82) is 0 Å². The van der Waals surface area contributed by atoms with E-state index in [0.717, 1.165) is 18.8 Å². The zero-order valence-electron chi connectivity index (χ0n) is 11.8. The third kappa shape index (κ3) is 4.10. The number of rotatable bonds is 5. The van der Waals surface area contributed by atoms with E-state index in [9.17, 15) is 4.39 Å². The second kappa shape index (κ2) is 6.75. The van der Waals surface area contributed by atoms with E-state index in [1.807, 2.05) is 6.92 Å². The van der Waals surface area contributed by atoms with E-state index in [1.165, 1.54) is 31.5 Å². The molecule has 19 heavy (non-hydrogen) atoms. The summed E-state index contributed by atoms with van der Waals surface area (Å²) in [6, 6.07) is 4.67. The summed E-state index contributed by atoms with van der Waals surface area (Å²) in [4.78, 5) is 2.37.